The van der Waals surface area contributed by atoms with Crippen molar-refractivity contribution in [1.29, 1.82) is 0 Å². The number of aryl methyl sites for hydroxylation is 3. The van der Waals surface area contributed by atoms with E-state index in [-0.39, 0.29) is 10.8 Å². The highest BCUT2D eigenvalue weighted by Gasteiger charge is 2.20. The molecular formula is C21H19ClN2O3S2. The van der Waals surface area contributed by atoms with E-state index in [1.807, 2.05) is 13.0 Å². The normalized spacial score (nSPS) is 13.2. The summed E-state index contributed by atoms with van der Waals surface area (Å²) >= 11 is 7.36. The zero-order chi connectivity index (χ0) is 20.6. The molecule has 5 nitrogen and oxygen atoms in total. The molecule has 0 aliphatic heterocycles. The van der Waals surface area contributed by atoms with Crippen molar-refractivity contribution in [2.45, 2.75) is 31.1 Å². The van der Waals surface area contributed by atoms with Gasteiger partial charge in [0.05, 0.1) is 9.77 Å². The van der Waals surface area contributed by atoms with Crippen LogP contribution in [-0.2, 0) is 22.9 Å². The number of nitrogens with one attached hydrogen (secondary N) is 2. The number of hydrogen-bond donors (Lipinski definition) is 2. The highest BCUT2D eigenvalue weighted by Crippen LogP contribution is 2.31. The molecule has 0 fully saturated rings. The van der Waals surface area contributed by atoms with Crippen molar-refractivity contribution in [3.63, 3.8) is 0 Å². The Morgan fingerprint density at radius 2 is 1.83 bits per heavy atom. The van der Waals surface area contributed by atoms with Gasteiger partial charge >= 0.3 is 0 Å². The van der Waals surface area contributed by atoms with Crippen LogP contribution in [-0.4, -0.2) is 14.3 Å². The number of rotatable bonds is 5. The fraction of sp³-hybridized carbons (Fsp3) is 0.190. The van der Waals surface area contributed by atoms with Crippen molar-refractivity contribution < 1.29 is 13.2 Å². The first-order chi connectivity index (χ1) is 13.8. The molecule has 1 aromatic heterocycles. The number of sulfonamides is 1. The molecule has 1 amide bonds. The Hall–Kier alpha value is -2.35. The van der Waals surface area contributed by atoms with Crippen LogP contribution in [0.25, 0.3) is 0 Å². The predicted molar refractivity (Wildman–Crippen MR) is 118 cm³/mol. The zero-order valence-electron chi connectivity index (χ0n) is 15.7. The maximum Gasteiger partial charge on any atom is 0.265 e. The van der Waals surface area contributed by atoms with Gasteiger partial charge in [0, 0.05) is 21.3 Å². The van der Waals surface area contributed by atoms with Gasteiger partial charge in [-0.15, -0.1) is 11.3 Å². The summed E-state index contributed by atoms with van der Waals surface area (Å²) in [6.45, 7) is 1.83. The molecule has 1 aliphatic carbocycles. The monoisotopic (exact) mass is 446 g/mol. The third kappa shape index (κ3) is 4.32. The Morgan fingerprint density at radius 3 is 2.55 bits per heavy atom. The number of thiophene rings is 1. The van der Waals surface area contributed by atoms with Crippen LogP contribution >= 0.6 is 22.9 Å². The van der Waals surface area contributed by atoms with Crippen LogP contribution in [0.5, 0.6) is 0 Å². The summed E-state index contributed by atoms with van der Waals surface area (Å²) in [6, 6.07) is 13.0. The molecule has 0 radical (unpaired) electrons. The van der Waals surface area contributed by atoms with E-state index in [2.05, 4.69) is 10.0 Å². The van der Waals surface area contributed by atoms with Crippen molar-refractivity contribution >= 4 is 50.2 Å². The molecule has 0 saturated heterocycles. The number of carbonyl (C=O) groups excluding carboxylic acids is 1. The first kappa shape index (κ1) is 19.9. The van der Waals surface area contributed by atoms with Gasteiger partial charge in [-0.2, -0.15) is 0 Å². The van der Waals surface area contributed by atoms with Gasteiger partial charge in [0.25, 0.3) is 15.9 Å². The number of hydrogen-bond acceptors (Lipinski definition) is 4. The maximum absolute atomic E-state index is 12.7. The lowest BCUT2D eigenvalue weighted by molar-refractivity contribution is 0.103. The molecule has 0 unspecified atom stereocenters. The molecule has 29 heavy (non-hydrogen) atoms. The third-order valence-electron chi connectivity index (χ3n) is 4.83. The maximum atomic E-state index is 12.7. The Balaban J connectivity index is 1.56. The van der Waals surface area contributed by atoms with Crippen LogP contribution in [0, 0.1) is 6.92 Å². The van der Waals surface area contributed by atoms with Crippen LogP contribution in [0.2, 0.25) is 5.02 Å². The van der Waals surface area contributed by atoms with Crippen LogP contribution in [0.15, 0.2) is 53.4 Å². The van der Waals surface area contributed by atoms with Crippen molar-refractivity contribution in [2.75, 3.05) is 10.0 Å². The highest BCUT2D eigenvalue weighted by molar-refractivity contribution is 7.92. The first-order valence-corrected chi connectivity index (χ1v) is 11.8. The van der Waals surface area contributed by atoms with Crippen molar-refractivity contribution in [2.24, 2.45) is 0 Å². The summed E-state index contributed by atoms with van der Waals surface area (Å²) in [5, 5.41) is 3.38. The lowest BCUT2D eigenvalue weighted by Gasteiger charge is -2.12. The van der Waals surface area contributed by atoms with Gasteiger partial charge in [0.2, 0.25) is 0 Å². The van der Waals surface area contributed by atoms with Gasteiger partial charge < -0.3 is 5.32 Å². The molecule has 8 heteroatoms. The van der Waals surface area contributed by atoms with Gasteiger partial charge in [0.15, 0.2) is 0 Å². The van der Waals surface area contributed by atoms with Crippen molar-refractivity contribution in [3.8, 4) is 0 Å². The molecule has 0 saturated carbocycles. The number of halogens is 1. The number of amides is 1. The first-order valence-electron chi connectivity index (χ1n) is 9.14. The Bertz CT molecular complexity index is 1160. The number of anilines is 2. The minimum absolute atomic E-state index is 0.0713. The average molecular weight is 447 g/mol. The van der Waals surface area contributed by atoms with E-state index in [0.29, 0.717) is 21.3 Å². The summed E-state index contributed by atoms with van der Waals surface area (Å²) < 4.78 is 28.0. The molecule has 0 atom stereocenters. The molecule has 2 aromatic carbocycles. The molecule has 2 N–H and O–H groups in total. The van der Waals surface area contributed by atoms with Crippen LogP contribution in [0.3, 0.4) is 0 Å². The van der Waals surface area contributed by atoms with Gasteiger partial charge in [-0.25, -0.2) is 8.42 Å². The largest absolute Gasteiger partial charge is 0.321 e. The Kier molecular flexibility index (Phi) is 5.38. The third-order valence-corrected chi connectivity index (χ3v) is 7.70. The SMILES string of the molecule is Cc1ccc(S(=O)(=O)Nc2ccc(Cl)cc2)cc1NC(=O)c1cc2c(s1)CCC2. The minimum atomic E-state index is -3.81. The average Bonchev–Trinajstić information content (AvgIpc) is 3.27. The molecule has 3 aromatic rings. The fourth-order valence-electron chi connectivity index (χ4n) is 3.26. The fourth-order valence-corrected chi connectivity index (χ4v) is 5.62. The summed E-state index contributed by atoms with van der Waals surface area (Å²) in [6.07, 6.45) is 3.18. The predicted octanol–water partition coefficient (Wildman–Crippen LogP) is 5.25. The Labute approximate surface area is 178 Å². The van der Waals surface area contributed by atoms with E-state index >= 15 is 0 Å². The smallest absolute Gasteiger partial charge is 0.265 e. The van der Waals surface area contributed by atoms with Crippen LogP contribution in [0.4, 0.5) is 11.4 Å². The van der Waals surface area contributed by atoms with Gasteiger partial charge in [-0.1, -0.05) is 17.7 Å². The number of benzene rings is 2. The summed E-state index contributed by atoms with van der Waals surface area (Å²) in [5.74, 6) is -0.215. The van der Waals surface area contributed by atoms with E-state index in [4.69, 9.17) is 11.6 Å². The quantitative estimate of drug-likeness (QED) is 0.561. The molecule has 0 spiro atoms. The molecule has 150 valence electrons. The van der Waals surface area contributed by atoms with E-state index in [0.717, 1.165) is 24.8 Å². The molecular weight excluding hydrogens is 428 g/mol. The standard InChI is InChI=1S/C21H19ClN2O3S2/c1-13-5-10-17(29(26,27)24-16-8-6-15(22)7-9-16)12-18(13)23-21(25)20-11-14-3-2-4-19(14)28-20/h5-12,24H,2-4H2,1H3,(H,23,25). The van der Waals surface area contributed by atoms with Crippen LogP contribution in [0.1, 0.15) is 32.1 Å². The second-order valence-corrected chi connectivity index (χ2v) is 10.2. The van der Waals surface area contributed by atoms with E-state index in [1.165, 1.54) is 33.9 Å². The van der Waals surface area contributed by atoms with Gasteiger partial charge in [0.1, 0.15) is 0 Å². The second-order valence-electron chi connectivity index (χ2n) is 6.96. The van der Waals surface area contributed by atoms with Crippen molar-refractivity contribution in [3.05, 3.63) is 74.4 Å². The molecule has 1 heterocycles. The topological polar surface area (TPSA) is 75.3 Å². The summed E-state index contributed by atoms with van der Waals surface area (Å²) in [7, 11) is -3.81. The molecule has 4 rings (SSSR count). The highest BCUT2D eigenvalue weighted by atomic mass is 35.5. The zero-order valence-corrected chi connectivity index (χ0v) is 18.0. The molecule has 1 aliphatic rings. The van der Waals surface area contributed by atoms with E-state index in [1.54, 1.807) is 30.3 Å². The number of carbonyl (C=O) groups is 1. The second kappa shape index (κ2) is 7.82. The Morgan fingerprint density at radius 1 is 1.07 bits per heavy atom. The summed E-state index contributed by atoms with van der Waals surface area (Å²) in [4.78, 5) is 14.7. The van der Waals surface area contributed by atoms with E-state index in [9.17, 15) is 13.2 Å². The molecule has 0 bridgehead atoms. The van der Waals surface area contributed by atoms with Gasteiger partial charge in [-0.05, 0) is 79.8 Å². The lowest BCUT2D eigenvalue weighted by Crippen LogP contribution is -2.15. The van der Waals surface area contributed by atoms with Crippen molar-refractivity contribution in [1.82, 2.24) is 0 Å². The van der Waals surface area contributed by atoms with E-state index < -0.39 is 10.0 Å². The van der Waals surface area contributed by atoms with Gasteiger partial charge in [-0.3, -0.25) is 9.52 Å². The summed E-state index contributed by atoms with van der Waals surface area (Å²) in [5.41, 5.74) is 2.92. The lowest BCUT2D eigenvalue weighted by atomic mass is 10.2. The minimum Gasteiger partial charge on any atom is -0.321 e. The van der Waals surface area contributed by atoms with Crippen LogP contribution < -0.4 is 10.0 Å². The number of fused-ring (bicyclic) bond motifs is 1.